The molecule has 22 heavy (non-hydrogen) atoms. The lowest BCUT2D eigenvalue weighted by Crippen LogP contribution is -2.13. The molecule has 0 bridgehead atoms. The lowest BCUT2D eigenvalue weighted by molar-refractivity contribution is -0.114. The number of aryl methyl sites for hydroxylation is 1. The highest BCUT2D eigenvalue weighted by atomic mass is 32.2. The maximum absolute atomic E-state index is 12.3. The third-order valence-electron chi connectivity index (χ3n) is 2.88. The van der Waals surface area contributed by atoms with E-state index in [9.17, 15) is 18.3 Å². The molecule has 116 valence electrons. The van der Waals surface area contributed by atoms with Gasteiger partial charge in [0.15, 0.2) is 0 Å². The first-order valence-corrected chi connectivity index (χ1v) is 7.96. The van der Waals surface area contributed by atoms with E-state index >= 15 is 0 Å². The largest absolute Gasteiger partial charge is 0.506 e. The summed E-state index contributed by atoms with van der Waals surface area (Å²) >= 11 is 0. The van der Waals surface area contributed by atoms with Gasteiger partial charge in [-0.2, -0.15) is 0 Å². The molecule has 6 nitrogen and oxygen atoms in total. The Labute approximate surface area is 128 Å². The van der Waals surface area contributed by atoms with Crippen molar-refractivity contribution < 1.29 is 18.3 Å². The van der Waals surface area contributed by atoms with Gasteiger partial charge in [0, 0.05) is 12.6 Å². The van der Waals surface area contributed by atoms with E-state index < -0.39 is 10.0 Å². The molecule has 3 N–H and O–H groups in total. The number of benzene rings is 2. The molecule has 0 radical (unpaired) electrons. The molecule has 0 aromatic heterocycles. The van der Waals surface area contributed by atoms with Crippen LogP contribution in [0.3, 0.4) is 0 Å². The first-order chi connectivity index (χ1) is 10.3. The van der Waals surface area contributed by atoms with E-state index in [0.29, 0.717) is 5.69 Å². The van der Waals surface area contributed by atoms with Crippen molar-refractivity contribution >= 4 is 27.3 Å². The molecular formula is C15H16N2O4S. The van der Waals surface area contributed by atoms with E-state index in [4.69, 9.17) is 0 Å². The highest BCUT2D eigenvalue weighted by Gasteiger charge is 2.16. The molecule has 0 aliphatic carbocycles. The highest BCUT2D eigenvalue weighted by Crippen LogP contribution is 2.27. The summed E-state index contributed by atoms with van der Waals surface area (Å²) in [6, 6.07) is 10.4. The molecule has 0 unspecified atom stereocenters. The number of rotatable bonds is 4. The number of sulfonamides is 1. The van der Waals surface area contributed by atoms with Crippen LogP contribution in [-0.4, -0.2) is 19.4 Å². The lowest BCUT2D eigenvalue weighted by atomic mass is 10.2. The van der Waals surface area contributed by atoms with Gasteiger partial charge in [0.2, 0.25) is 5.91 Å². The van der Waals surface area contributed by atoms with Gasteiger partial charge in [0.05, 0.1) is 10.6 Å². The maximum atomic E-state index is 12.3. The van der Waals surface area contributed by atoms with Crippen molar-refractivity contribution in [1.29, 1.82) is 0 Å². The maximum Gasteiger partial charge on any atom is 0.262 e. The summed E-state index contributed by atoms with van der Waals surface area (Å²) in [6.07, 6.45) is 0. The Morgan fingerprint density at radius 2 is 1.73 bits per heavy atom. The zero-order chi connectivity index (χ0) is 16.3. The van der Waals surface area contributed by atoms with E-state index in [1.165, 1.54) is 43.3 Å². The Hall–Kier alpha value is -2.54. The van der Waals surface area contributed by atoms with Crippen LogP contribution < -0.4 is 10.0 Å². The van der Waals surface area contributed by atoms with Crippen molar-refractivity contribution in [2.24, 2.45) is 0 Å². The zero-order valence-corrected chi connectivity index (χ0v) is 12.9. The van der Waals surface area contributed by atoms with Crippen LogP contribution in [0.25, 0.3) is 0 Å². The Morgan fingerprint density at radius 3 is 2.27 bits per heavy atom. The van der Waals surface area contributed by atoms with Gasteiger partial charge in [-0.15, -0.1) is 0 Å². The third-order valence-corrected chi connectivity index (χ3v) is 4.26. The molecule has 2 rings (SSSR count). The molecule has 0 aliphatic heterocycles. The lowest BCUT2D eigenvalue weighted by Gasteiger charge is -2.10. The Morgan fingerprint density at radius 1 is 1.09 bits per heavy atom. The van der Waals surface area contributed by atoms with Gasteiger partial charge in [-0.1, -0.05) is 6.07 Å². The number of carbonyl (C=O) groups excluding carboxylic acids is 1. The summed E-state index contributed by atoms with van der Waals surface area (Å²) in [7, 11) is -3.82. The van der Waals surface area contributed by atoms with E-state index in [1.807, 2.05) is 0 Å². The predicted octanol–water partition coefficient (Wildman–Crippen LogP) is 2.46. The predicted molar refractivity (Wildman–Crippen MR) is 84.4 cm³/mol. The van der Waals surface area contributed by atoms with Crippen LogP contribution in [0.4, 0.5) is 11.4 Å². The van der Waals surface area contributed by atoms with Crippen LogP contribution in [0.1, 0.15) is 12.5 Å². The van der Waals surface area contributed by atoms with Crippen molar-refractivity contribution in [2.45, 2.75) is 18.7 Å². The van der Waals surface area contributed by atoms with Gasteiger partial charge < -0.3 is 10.4 Å². The van der Waals surface area contributed by atoms with Crippen molar-refractivity contribution in [3.05, 3.63) is 48.0 Å². The number of phenolic OH excluding ortho intramolecular Hbond substituents is 1. The second-order valence-corrected chi connectivity index (χ2v) is 6.51. The van der Waals surface area contributed by atoms with Gasteiger partial charge >= 0.3 is 0 Å². The van der Waals surface area contributed by atoms with E-state index in [2.05, 4.69) is 10.0 Å². The molecule has 1 amide bonds. The van der Waals surface area contributed by atoms with Gasteiger partial charge in [0.25, 0.3) is 10.0 Å². The molecular weight excluding hydrogens is 304 g/mol. The number of anilines is 2. The van der Waals surface area contributed by atoms with Crippen LogP contribution in [-0.2, 0) is 14.8 Å². The summed E-state index contributed by atoms with van der Waals surface area (Å²) in [6.45, 7) is 3.16. The summed E-state index contributed by atoms with van der Waals surface area (Å²) in [5.74, 6) is -0.378. The minimum Gasteiger partial charge on any atom is -0.506 e. The standard InChI is InChI=1S/C15H16N2O4S/c1-10-3-8-14(15(19)9-10)17-22(20,21)13-6-4-12(5-7-13)16-11(2)18/h3-9,17,19H,1-2H3,(H,16,18). The fourth-order valence-electron chi connectivity index (χ4n) is 1.85. The first-order valence-electron chi connectivity index (χ1n) is 6.48. The number of amides is 1. The molecule has 0 fully saturated rings. The second kappa shape index (κ2) is 6.07. The fraction of sp³-hybridized carbons (Fsp3) is 0.133. The number of carbonyl (C=O) groups is 1. The van der Waals surface area contributed by atoms with Crippen LogP contribution in [0.15, 0.2) is 47.4 Å². The van der Waals surface area contributed by atoms with Crippen LogP contribution in [0, 0.1) is 6.92 Å². The van der Waals surface area contributed by atoms with Gasteiger partial charge in [-0.05, 0) is 48.9 Å². The van der Waals surface area contributed by atoms with Gasteiger partial charge in [-0.3, -0.25) is 9.52 Å². The number of aromatic hydroxyl groups is 1. The minimum absolute atomic E-state index is 0.0292. The first kappa shape index (κ1) is 15.8. The zero-order valence-electron chi connectivity index (χ0n) is 12.1. The molecule has 0 spiro atoms. The Kier molecular flexibility index (Phi) is 4.37. The van der Waals surface area contributed by atoms with E-state index in [0.717, 1.165) is 5.56 Å². The van der Waals surface area contributed by atoms with Crippen molar-refractivity contribution in [3.63, 3.8) is 0 Å². The molecule has 0 atom stereocenters. The fourth-order valence-corrected chi connectivity index (χ4v) is 2.93. The number of nitrogens with one attached hydrogen (secondary N) is 2. The molecule has 2 aromatic rings. The quantitative estimate of drug-likeness (QED) is 0.754. The minimum atomic E-state index is -3.82. The molecule has 2 aromatic carbocycles. The van der Waals surface area contributed by atoms with E-state index in [-0.39, 0.29) is 22.2 Å². The normalized spacial score (nSPS) is 11.0. The summed E-state index contributed by atoms with van der Waals surface area (Å²) in [5, 5.41) is 12.3. The number of hydrogen-bond acceptors (Lipinski definition) is 4. The van der Waals surface area contributed by atoms with E-state index in [1.54, 1.807) is 13.0 Å². The Balaban J connectivity index is 2.24. The summed E-state index contributed by atoms with van der Waals surface area (Å²) in [5.41, 5.74) is 1.43. The molecule has 0 saturated heterocycles. The molecule has 0 heterocycles. The van der Waals surface area contributed by atoms with Gasteiger partial charge in [0.1, 0.15) is 5.75 Å². The average Bonchev–Trinajstić information content (AvgIpc) is 2.42. The molecule has 7 heteroatoms. The smallest absolute Gasteiger partial charge is 0.262 e. The SMILES string of the molecule is CC(=O)Nc1ccc(S(=O)(=O)Nc2ccc(C)cc2O)cc1. The van der Waals surface area contributed by atoms with Crippen LogP contribution >= 0.6 is 0 Å². The monoisotopic (exact) mass is 320 g/mol. The number of phenols is 1. The highest BCUT2D eigenvalue weighted by molar-refractivity contribution is 7.92. The third kappa shape index (κ3) is 3.76. The number of hydrogen-bond donors (Lipinski definition) is 3. The Bertz CT molecular complexity index is 799. The van der Waals surface area contributed by atoms with Gasteiger partial charge in [-0.25, -0.2) is 8.42 Å². The summed E-state index contributed by atoms with van der Waals surface area (Å²) < 4.78 is 26.9. The van der Waals surface area contributed by atoms with Crippen LogP contribution in [0.5, 0.6) is 5.75 Å². The second-order valence-electron chi connectivity index (χ2n) is 4.83. The molecule has 0 aliphatic rings. The van der Waals surface area contributed by atoms with Crippen molar-refractivity contribution in [3.8, 4) is 5.75 Å². The topological polar surface area (TPSA) is 95.5 Å². The summed E-state index contributed by atoms with van der Waals surface area (Å²) in [4.78, 5) is 11.0. The van der Waals surface area contributed by atoms with Crippen molar-refractivity contribution in [1.82, 2.24) is 0 Å². The van der Waals surface area contributed by atoms with Crippen molar-refractivity contribution in [2.75, 3.05) is 10.0 Å². The van der Waals surface area contributed by atoms with Crippen LogP contribution in [0.2, 0.25) is 0 Å². The molecule has 0 saturated carbocycles. The average molecular weight is 320 g/mol.